The number of nitrogens with one attached hydrogen (secondary N) is 1. The molecule has 0 radical (unpaired) electrons. The first-order valence-electron chi connectivity index (χ1n) is 7.04. The average molecular weight is 294 g/mol. The summed E-state index contributed by atoms with van der Waals surface area (Å²) in [7, 11) is 3.13. The van der Waals surface area contributed by atoms with Gasteiger partial charge in [0.1, 0.15) is 11.5 Å². The van der Waals surface area contributed by atoms with E-state index in [1.165, 1.54) is 0 Å². The van der Waals surface area contributed by atoms with Crippen molar-refractivity contribution >= 4 is 11.6 Å². The van der Waals surface area contributed by atoms with Crippen LogP contribution in [0.3, 0.4) is 0 Å². The van der Waals surface area contributed by atoms with Gasteiger partial charge in [-0.05, 0) is 19.4 Å². The number of benzene rings is 1. The zero-order chi connectivity index (χ0) is 15.2. The van der Waals surface area contributed by atoms with Crippen molar-refractivity contribution in [3.63, 3.8) is 0 Å². The molecule has 0 saturated carbocycles. The summed E-state index contributed by atoms with van der Waals surface area (Å²) in [6.07, 6.45) is 1.40. The zero-order valence-electron chi connectivity index (χ0n) is 12.5. The van der Waals surface area contributed by atoms with Crippen LogP contribution >= 0.6 is 0 Å². The number of rotatable bonds is 5. The van der Waals surface area contributed by atoms with Gasteiger partial charge in [0.25, 0.3) is 0 Å². The molecule has 21 heavy (non-hydrogen) atoms. The molecule has 6 nitrogen and oxygen atoms in total. The Morgan fingerprint density at radius 3 is 2.57 bits per heavy atom. The number of β-amino-alcohol motifs (C(OH)–C–C–N with tert-alkyl or cyclic N) is 1. The minimum absolute atomic E-state index is 0.112. The monoisotopic (exact) mass is 294 g/mol. The quantitative estimate of drug-likeness (QED) is 0.851. The number of likely N-dealkylation sites (tertiary alicyclic amines) is 1. The van der Waals surface area contributed by atoms with Crippen LogP contribution in [0.15, 0.2) is 18.2 Å². The molecule has 1 aliphatic heterocycles. The van der Waals surface area contributed by atoms with Gasteiger partial charge in [0, 0.05) is 30.4 Å². The van der Waals surface area contributed by atoms with E-state index < -0.39 is 0 Å². The van der Waals surface area contributed by atoms with Gasteiger partial charge >= 0.3 is 0 Å². The first kappa shape index (κ1) is 15.6. The first-order chi connectivity index (χ1) is 10.1. The van der Waals surface area contributed by atoms with E-state index in [0.717, 1.165) is 19.4 Å². The minimum atomic E-state index is -0.330. The van der Waals surface area contributed by atoms with Crippen LogP contribution in [0.2, 0.25) is 0 Å². The SMILES string of the molecule is COc1cc(NC(=O)CN2CCCC(O)C2)cc(OC)c1. The normalized spacial score (nSPS) is 19.1. The molecule has 0 aliphatic carbocycles. The number of nitrogens with zero attached hydrogens (tertiary/aromatic N) is 1. The Balaban J connectivity index is 1.95. The predicted octanol–water partition coefficient (Wildman–Crippen LogP) is 1.10. The maximum atomic E-state index is 12.1. The van der Waals surface area contributed by atoms with Gasteiger partial charge in [-0.15, -0.1) is 0 Å². The molecular weight excluding hydrogens is 272 g/mol. The second kappa shape index (κ2) is 7.28. The van der Waals surface area contributed by atoms with Gasteiger partial charge < -0.3 is 19.9 Å². The Morgan fingerprint density at radius 1 is 1.33 bits per heavy atom. The zero-order valence-corrected chi connectivity index (χ0v) is 12.5. The Bertz CT molecular complexity index is 470. The summed E-state index contributed by atoms with van der Waals surface area (Å²) in [5, 5.41) is 12.4. The van der Waals surface area contributed by atoms with Crippen molar-refractivity contribution in [3.8, 4) is 11.5 Å². The lowest BCUT2D eigenvalue weighted by atomic mass is 10.1. The maximum absolute atomic E-state index is 12.1. The van der Waals surface area contributed by atoms with Crippen LogP contribution in [0.25, 0.3) is 0 Å². The summed E-state index contributed by atoms with van der Waals surface area (Å²) < 4.78 is 10.3. The highest BCUT2D eigenvalue weighted by atomic mass is 16.5. The Labute approximate surface area is 124 Å². The summed E-state index contributed by atoms with van der Waals surface area (Å²) in [4.78, 5) is 14.0. The molecule has 0 spiro atoms. The molecule has 1 amide bonds. The van der Waals surface area contributed by atoms with Crippen LogP contribution in [0, 0.1) is 0 Å². The smallest absolute Gasteiger partial charge is 0.238 e. The maximum Gasteiger partial charge on any atom is 0.238 e. The van der Waals surface area contributed by atoms with Crippen LogP contribution in [0.5, 0.6) is 11.5 Å². The van der Waals surface area contributed by atoms with Crippen LogP contribution in [-0.2, 0) is 4.79 Å². The number of carbonyl (C=O) groups excluding carboxylic acids is 1. The van der Waals surface area contributed by atoms with Crippen molar-refractivity contribution < 1.29 is 19.4 Å². The molecule has 0 aromatic heterocycles. The van der Waals surface area contributed by atoms with Gasteiger partial charge in [0.15, 0.2) is 0 Å². The van der Waals surface area contributed by atoms with Crippen LogP contribution < -0.4 is 14.8 Å². The lowest BCUT2D eigenvalue weighted by Crippen LogP contribution is -2.42. The molecule has 1 aliphatic rings. The molecular formula is C15H22N2O4. The third kappa shape index (κ3) is 4.61. The van der Waals surface area contributed by atoms with Gasteiger partial charge in [-0.2, -0.15) is 0 Å². The van der Waals surface area contributed by atoms with Gasteiger partial charge in [-0.1, -0.05) is 0 Å². The number of aliphatic hydroxyl groups is 1. The molecule has 1 aromatic rings. The third-order valence-electron chi connectivity index (χ3n) is 3.48. The third-order valence-corrected chi connectivity index (χ3v) is 3.48. The topological polar surface area (TPSA) is 71.0 Å². The molecule has 1 atom stereocenters. The second-order valence-electron chi connectivity index (χ2n) is 5.18. The number of amides is 1. The fourth-order valence-corrected chi connectivity index (χ4v) is 2.46. The lowest BCUT2D eigenvalue weighted by molar-refractivity contribution is -0.118. The predicted molar refractivity (Wildman–Crippen MR) is 79.9 cm³/mol. The Hall–Kier alpha value is -1.79. The van der Waals surface area contributed by atoms with E-state index in [9.17, 15) is 9.90 Å². The summed E-state index contributed by atoms with van der Waals surface area (Å²) >= 11 is 0. The van der Waals surface area contributed by atoms with E-state index in [4.69, 9.17) is 9.47 Å². The molecule has 116 valence electrons. The van der Waals surface area contributed by atoms with Crippen LogP contribution in [-0.4, -0.2) is 55.9 Å². The van der Waals surface area contributed by atoms with E-state index in [-0.39, 0.29) is 18.6 Å². The van der Waals surface area contributed by atoms with Crippen molar-refractivity contribution in [2.75, 3.05) is 39.2 Å². The summed E-state index contributed by atoms with van der Waals surface area (Å²) in [5.74, 6) is 1.13. The van der Waals surface area contributed by atoms with E-state index in [2.05, 4.69) is 5.32 Å². The number of hydrogen-bond donors (Lipinski definition) is 2. The molecule has 2 N–H and O–H groups in total. The van der Waals surface area contributed by atoms with Crippen molar-refractivity contribution in [2.45, 2.75) is 18.9 Å². The molecule has 0 bridgehead atoms. The number of piperidine rings is 1. The number of carbonyl (C=O) groups is 1. The Morgan fingerprint density at radius 2 is 2.00 bits per heavy atom. The molecule has 1 aromatic carbocycles. The molecule has 2 rings (SSSR count). The van der Waals surface area contributed by atoms with Gasteiger partial charge in [-0.25, -0.2) is 0 Å². The standard InChI is InChI=1S/C15H22N2O4/c1-20-13-6-11(7-14(8-13)21-2)16-15(19)10-17-5-3-4-12(18)9-17/h6-8,12,18H,3-5,9-10H2,1-2H3,(H,16,19). The first-order valence-corrected chi connectivity index (χ1v) is 7.04. The van der Waals surface area contributed by atoms with Crippen molar-refractivity contribution in [2.24, 2.45) is 0 Å². The fourth-order valence-electron chi connectivity index (χ4n) is 2.46. The highest BCUT2D eigenvalue weighted by Gasteiger charge is 2.19. The summed E-state index contributed by atoms with van der Waals surface area (Å²) in [5.41, 5.74) is 0.633. The number of anilines is 1. The molecule has 1 unspecified atom stereocenters. The highest BCUT2D eigenvalue weighted by Crippen LogP contribution is 2.25. The van der Waals surface area contributed by atoms with Gasteiger partial charge in [-0.3, -0.25) is 9.69 Å². The van der Waals surface area contributed by atoms with E-state index in [1.54, 1.807) is 32.4 Å². The Kier molecular flexibility index (Phi) is 5.41. The molecule has 1 heterocycles. The van der Waals surface area contributed by atoms with E-state index >= 15 is 0 Å². The van der Waals surface area contributed by atoms with E-state index in [1.807, 2.05) is 4.90 Å². The van der Waals surface area contributed by atoms with Crippen LogP contribution in [0.1, 0.15) is 12.8 Å². The van der Waals surface area contributed by atoms with Crippen LogP contribution in [0.4, 0.5) is 5.69 Å². The second-order valence-corrected chi connectivity index (χ2v) is 5.18. The summed E-state index contributed by atoms with van der Waals surface area (Å²) in [6, 6.07) is 5.23. The minimum Gasteiger partial charge on any atom is -0.497 e. The van der Waals surface area contributed by atoms with Crippen molar-refractivity contribution in [1.82, 2.24) is 4.90 Å². The number of methoxy groups -OCH3 is 2. The number of ether oxygens (including phenoxy) is 2. The molecule has 1 saturated heterocycles. The van der Waals surface area contributed by atoms with Gasteiger partial charge in [0.2, 0.25) is 5.91 Å². The number of aliphatic hydroxyl groups excluding tert-OH is 1. The lowest BCUT2D eigenvalue weighted by Gasteiger charge is -2.29. The molecule has 6 heteroatoms. The largest absolute Gasteiger partial charge is 0.497 e. The van der Waals surface area contributed by atoms with E-state index in [0.29, 0.717) is 23.7 Å². The van der Waals surface area contributed by atoms with Crippen molar-refractivity contribution in [1.29, 1.82) is 0 Å². The fraction of sp³-hybridized carbons (Fsp3) is 0.533. The van der Waals surface area contributed by atoms with Crippen molar-refractivity contribution in [3.05, 3.63) is 18.2 Å². The number of hydrogen-bond acceptors (Lipinski definition) is 5. The molecule has 1 fully saturated rings. The summed E-state index contributed by atoms with van der Waals surface area (Å²) in [6.45, 7) is 1.66. The average Bonchev–Trinajstić information content (AvgIpc) is 2.46. The van der Waals surface area contributed by atoms with Gasteiger partial charge in [0.05, 0.1) is 26.9 Å². The highest BCUT2D eigenvalue weighted by molar-refractivity contribution is 5.92.